The van der Waals surface area contributed by atoms with Gasteiger partial charge >= 0.3 is 0 Å². The Labute approximate surface area is 147 Å². The van der Waals surface area contributed by atoms with Crippen molar-refractivity contribution in [3.05, 3.63) is 28.3 Å². The SMILES string of the molecule is C[C@@H]1CN(c2ccc([N+](=O)[O-])cc2S(=O)(=O)N2CCCC2)C[C@@H](C)O1. The van der Waals surface area contributed by atoms with Crippen molar-refractivity contribution in [2.45, 2.75) is 43.8 Å². The molecule has 2 fully saturated rings. The van der Waals surface area contributed by atoms with Gasteiger partial charge < -0.3 is 9.64 Å². The van der Waals surface area contributed by atoms with Gasteiger partial charge in [-0.15, -0.1) is 0 Å². The maximum Gasteiger partial charge on any atom is 0.270 e. The molecule has 2 saturated heterocycles. The fraction of sp³-hybridized carbons (Fsp3) is 0.625. The minimum atomic E-state index is -3.76. The lowest BCUT2D eigenvalue weighted by Gasteiger charge is -2.37. The number of sulfonamides is 1. The number of nitrogens with zero attached hydrogens (tertiary/aromatic N) is 3. The molecule has 0 saturated carbocycles. The zero-order chi connectivity index (χ0) is 18.2. The van der Waals surface area contributed by atoms with Crippen LogP contribution in [-0.2, 0) is 14.8 Å². The lowest BCUT2D eigenvalue weighted by Crippen LogP contribution is -2.46. The van der Waals surface area contributed by atoms with Crippen LogP contribution in [0.5, 0.6) is 0 Å². The third-order valence-electron chi connectivity index (χ3n) is 4.60. The molecule has 0 spiro atoms. The molecule has 1 aromatic rings. The lowest BCUT2D eigenvalue weighted by atomic mass is 10.2. The molecule has 0 aliphatic carbocycles. The molecule has 3 rings (SSSR count). The van der Waals surface area contributed by atoms with E-state index in [4.69, 9.17) is 4.74 Å². The predicted molar refractivity (Wildman–Crippen MR) is 93.3 cm³/mol. The molecule has 0 unspecified atom stereocenters. The number of hydrogen-bond donors (Lipinski definition) is 0. The van der Waals surface area contributed by atoms with Crippen LogP contribution in [0, 0.1) is 10.1 Å². The number of non-ortho nitro benzene ring substituents is 1. The first-order valence-corrected chi connectivity index (χ1v) is 9.92. The van der Waals surface area contributed by atoms with Crippen LogP contribution in [0.1, 0.15) is 26.7 Å². The standard InChI is InChI=1S/C16H23N3O5S/c1-12-10-17(11-13(2)24-12)15-6-5-14(19(20)21)9-16(15)25(22,23)18-7-3-4-8-18/h5-6,9,12-13H,3-4,7-8,10-11H2,1-2H3/t12-,13-/m1/s1. The number of hydrogen-bond acceptors (Lipinski definition) is 6. The molecule has 2 atom stereocenters. The first kappa shape index (κ1) is 18.1. The van der Waals surface area contributed by atoms with Crippen molar-refractivity contribution in [1.82, 2.24) is 4.31 Å². The van der Waals surface area contributed by atoms with Crippen molar-refractivity contribution in [2.24, 2.45) is 0 Å². The summed E-state index contributed by atoms with van der Waals surface area (Å²) in [5, 5.41) is 11.2. The Morgan fingerprint density at radius 1 is 1.16 bits per heavy atom. The largest absolute Gasteiger partial charge is 0.372 e. The van der Waals surface area contributed by atoms with Gasteiger partial charge in [-0.2, -0.15) is 4.31 Å². The summed E-state index contributed by atoms with van der Waals surface area (Å²) in [6, 6.07) is 4.10. The molecule has 0 radical (unpaired) electrons. The Kier molecular flexibility index (Phi) is 4.99. The van der Waals surface area contributed by atoms with Gasteiger partial charge in [0, 0.05) is 38.3 Å². The average molecular weight is 369 g/mol. The van der Waals surface area contributed by atoms with Crippen LogP contribution in [0.4, 0.5) is 11.4 Å². The predicted octanol–water partition coefficient (Wildman–Crippen LogP) is 1.99. The summed E-state index contributed by atoms with van der Waals surface area (Å²) in [6.07, 6.45) is 1.55. The molecule has 2 aliphatic rings. The van der Waals surface area contributed by atoms with Crippen LogP contribution < -0.4 is 4.90 Å². The Bertz CT molecular complexity index is 751. The molecule has 0 bridgehead atoms. The first-order valence-electron chi connectivity index (χ1n) is 8.48. The van der Waals surface area contributed by atoms with Gasteiger partial charge in [0.1, 0.15) is 4.90 Å². The highest BCUT2D eigenvalue weighted by atomic mass is 32.2. The van der Waals surface area contributed by atoms with Crippen LogP contribution >= 0.6 is 0 Å². The number of ether oxygens (including phenoxy) is 1. The van der Waals surface area contributed by atoms with Crippen LogP contribution in [0.3, 0.4) is 0 Å². The Morgan fingerprint density at radius 3 is 2.32 bits per heavy atom. The minimum absolute atomic E-state index is 0.0184. The lowest BCUT2D eigenvalue weighted by molar-refractivity contribution is -0.385. The van der Waals surface area contributed by atoms with Crippen LogP contribution in [0.15, 0.2) is 23.1 Å². The smallest absolute Gasteiger partial charge is 0.270 e. The molecule has 0 amide bonds. The van der Waals surface area contributed by atoms with Crippen molar-refractivity contribution in [2.75, 3.05) is 31.1 Å². The third-order valence-corrected chi connectivity index (χ3v) is 6.53. The molecule has 138 valence electrons. The molecule has 9 heteroatoms. The molecule has 1 aromatic carbocycles. The summed E-state index contributed by atoms with van der Waals surface area (Å²) >= 11 is 0. The second-order valence-corrected chi connectivity index (χ2v) is 8.59. The topological polar surface area (TPSA) is 93.0 Å². The number of rotatable bonds is 4. The van der Waals surface area contributed by atoms with Crippen molar-refractivity contribution in [3.8, 4) is 0 Å². The van der Waals surface area contributed by atoms with E-state index in [1.807, 2.05) is 18.7 Å². The van der Waals surface area contributed by atoms with Gasteiger partial charge in [-0.05, 0) is 32.8 Å². The van der Waals surface area contributed by atoms with E-state index in [-0.39, 0.29) is 22.8 Å². The summed E-state index contributed by atoms with van der Waals surface area (Å²) in [7, 11) is -3.76. The van der Waals surface area contributed by atoms with Crippen molar-refractivity contribution < 1.29 is 18.1 Å². The van der Waals surface area contributed by atoms with E-state index in [1.165, 1.54) is 16.4 Å². The van der Waals surface area contributed by atoms with E-state index in [0.717, 1.165) is 12.8 Å². The highest BCUT2D eigenvalue weighted by molar-refractivity contribution is 7.89. The first-order chi connectivity index (χ1) is 11.8. The fourth-order valence-corrected chi connectivity index (χ4v) is 5.27. The second kappa shape index (κ2) is 6.89. The molecular formula is C16H23N3O5S. The quantitative estimate of drug-likeness (QED) is 0.595. The summed E-state index contributed by atoms with van der Waals surface area (Å²) in [4.78, 5) is 12.6. The van der Waals surface area contributed by atoms with E-state index >= 15 is 0 Å². The fourth-order valence-electron chi connectivity index (χ4n) is 3.53. The van der Waals surface area contributed by atoms with Gasteiger partial charge in [-0.25, -0.2) is 8.42 Å². The van der Waals surface area contributed by atoms with E-state index < -0.39 is 14.9 Å². The van der Waals surface area contributed by atoms with Gasteiger partial charge in [-0.3, -0.25) is 10.1 Å². The van der Waals surface area contributed by atoms with Crippen molar-refractivity contribution in [1.29, 1.82) is 0 Å². The molecule has 2 heterocycles. The van der Waals surface area contributed by atoms with Crippen LogP contribution in [-0.4, -0.2) is 56.0 Å². The van der Waals surface area contributed by atoms with Crippen molar-refractivity contribution >= 4 is 21.4 Å². The van der Waals surface area contributed by atoms with Gasteiger partial charge in [0.05, 0.1) is 22.8 Å². The van der Waals surface area contributed by atoms with E-state index in [2.05, 4.69) is 0 Å². The number of nitro benzene ring substituents is 1. The number of nitro groups is 1. The van der Waals surface area contributed by atoms with Gasteiger partial charge in [-0.1, -0.05) is 0 Å². The Hall–Kier alpha value is -1.71. The van der Waals surface area contributed by atoms with Gasteiger partial charge in [0.2, 0.25) is 10.0 Å². The third kappa shape index (κ3) is 3.63. The Balaban J connectivity index is 2.07. The highest BCUT2D eigenvalue weighted by Crippen LogP contribution is 2.34. The summed E-state index contributed by atoms with van der Waals surface area (Å²) in [5.41, 5.74) is 0.301. The maximum absolute atomic E-state index is 13.1. The molecule has 2 aliphatic heterocycles. The van der Waals surface area contributed by atoms with E-state index in [0.29, 0.717) is 31.9 Å². The minimum Gasteiger partial charge on any atom is -0.372 e. The zero-order valence-corrected chi connectivity index (χ0v) is 15.2. The average Bonchev–Trinajstić information content (AvgIpc) is 3.08. The maximum atomic E-state index is 13.1. The van der Waals surface area contributed by atoms with Crippen LogP contribution in [0.2, 0.25) is 0 Å². The Morgan fingerprint density at radius 2 is 1.76 bits per heavy atom. The van der Waals surface area contributed by atoms with E-state index in [9.17, 15) is 18.5 Å². The summed E-state index contributed by atoms with van der Waals surface area (Å²) in [6.45, 7) is 5.88. The number of benzene rings is 1. The molecule has 0 aromatic heterocycles. The molecule has 8 nitrogen and oxygen atoms in total. The number of morpholine rings is 1. The van der Waals surface area contributed by atoms with Gasteiger partial charge in [0.25, 0.3) is 5.69 Å². The summed E-state index contributed by atoms with van der Waals surface area (Å²) in [5.74, 6) is 0. The normalized spacial score (nSPS) is 25.3. The van der Waals surface area contributed by atoms with E-state index in [1.54, 1.807) is 6.07 Å². The van der Waals surface area contributed by atoms with Gasteiger partial charge in [0.15, 0.2) is 0 Å². The summed E-state index contributed by atoms with van der Waals surface area (Å²) < 4.78 is 33.3. The highest BCUT2D eigenvalue weighted by Gasteiger charge is 2.34. The zero-order valence-electron chi connectivity index (χ0n) is 14.4. The van der Waals surface area contributed by atoms with Crippen molar-refractivity contribution in [3.63, 3.8) is 0 Å². The molecule has 0 N–H and O–H groups in total. The molecule has 25 heavy (non-hydrogen) atoms. The van der Waals surface area contributed by atoms with Crippen LogP contribution in [0.25, 0.3) is 0 Å². The second-order valence-electron chi connectivity index (χ2n) is 6.68. The monoisotopic (exact) mass is 369 g/mol. The number of anilines is 1. The molecular weight excluding hydrogens is 346 g/mol.